The smallest absolute Gasteiger partial charge is 0.203 e. The molecule has 1 heterocycles. The van der Waals surface area contributed by atoms with Crippen LogP contribution in [0.2, 0.25) is 0 Å². The lowest BCUT2D eigenvalue weighted by atomic mass is 10.1. The largest absolute Gasteiger partial charge is 0.493 e. The predicted octanol–water partition coefficient (Wildman–Crippen LogP) is 2.95. The van der Waals surface area contributed by atoms with Gasteiger partial charge in [-0.1, -0.05) is 13.0 Å². The summed E-state index contributed by atoms with van der Waals surface area (Å²) in [4.78, 5) is 0. The van der Waals surface area contributed by atoms with E-state index in [2.05, 4.69) is 35.0 Å². The molecule has 6 nitrogen and oxygen atoms in total. The summed E-state index contributed by atoms with van der Waals surface area (Å²) < 4.78 is 18.3. The summed E-state index contributed by atoms with van der Waals surface area (Å²) in [5.41, 5.74) is 3.30. The Hall–Kier alpha value is -2.21. The van der Waals surface area contributed by atoms with Crippen LogP contribution in [0.4, 0.5) is 0 Å². The maximum atomic E-state index is 5.52. The van der Waals surface area contributed by atoms with Crippen molar-refractivity contribution in [3.05, 3.63) is 35.2 Å². The highest BCUT2D eigenvalue weighted by molar-refractivity contribution is 5.55. The average molecular weight is 347 g/mol. The SMILES string of the molecule is COc1ccc(CNCC(C)Cn2nc(C)cc2C)c(OC)c1OC. The van der Waals surface area contributed by atoms with Gasteiger partial charge in [-0.3, -0.25) is 4.68 Å². The third kappa shape index (κ3) is 4.66. The van der Waals surface area contributed by atoms with E-state index in [4.69, 9.17) is 14.2 Å². The van der Waals surface area contributed by atoms with Crippen LogP contribution < -0.4 is 19.5 Å². The number of nitrogens with one attached hydrogen (secondary N) is 1. The molecule has 0 spiro atoms. The van der Waals surface area contributed by atoms with Gasteiger partial charge in [0.2, 0.25) is 5.75 Å². The molecule has 0 saturated heterocycles. The van der Waals surface area contributed by atoms with Crippen molar-refractivity contribution in [2.75, 3.05) is 27.9 Å². The molecular weight excluding hydrogens is 318 g/mol. The molecule has 1 unspecified atom stereocenters. The molecule has 1 aromatic heterocycles. The van der Waals surface area contributed by atoms with Crippen molar-refractivity contribution in [1.29, 1.82) is 0 Å². The zero-order valence-electron chi connectivity index (χ0n) is 16.0. The third-order valence-corrected chi connectivity index (χ3v) is 4.18. The van der Waals surface area contributed by atoms with Gasteiger partial charge in [-0.2, -0.15) is 5.10 Å². The van der Waals surface area contributed by atoms with E-state index in [0.717, 1.165) is 24.3 Å². The second-order valence-electron chi connectivity index (χ2n) is 6.34. The van der Waals surface area contributed by atoms with E-state index < -0.39 is 0 Å². The Bertz CT molecular complexity index is 697. The fraction of sp³-hybridized carbons (Fsp3) is 0.526. The van der Waals surface area contributed by atoms with Crippen molar-refractivity contribution in [2.24, 2.45) is 5.92 Å². The monoisotopic (exact) mass is 347 g/mol. The molecule has 1 aromatic carbocycles. The standard InChI is InChI=1S/C19H29N3O3/c1-13(12-22-15(3)9-14(2)21-22)10-20-11-16-7-8-17(23-4)19(25-6)18(16)24-5/h7-9,13,20H,10-12H2,1-6H3. The quantitative estimate of drug-likeness (QED) is 0.756. The molecular formula is C19H29N3O3. The third-order valence-electron chi connectivity index (χ3n) is 4.18. The summed E-state index contributed by atoms with van der Waals surface area (Å²) in [6.07, 6.45) is 0. The molecule has 1 N–H and O–H groups in total. The van der Waals surface area contributed by atoms with Crippen LogP contribution in [-0.2, 0) is 13.1 Å². The summed E-state index contributed by atoms with van der Waals surface area (Å²) in [6, 6.07) is 6.01. The van der Waals surface area contributed by atoms with Crippen molar-refractivity contribution in [2.45, 2.75) is 33.9 Å². The second-order valence-corrected chi connectivity index (χ2v) is 6.34. The van der Waals surface area contributed by atoms with Gasteiger partial charge < -0.3 is 19.5 Å². The minimum absolute atomic E-state index is 0.462. The number of hydrogen-bond donors (Lipinski definition) is 1. The highest BCUT2D eigenvalue weighted by Gasteiger charge is 2.15. The minimum atomic E-state index is 0.462. The van der Waals surface area contributed by atoms with Crippen LogP contribution in [-0.4, -0.2) is 37.7 Å². The van der Waals surface area contributed by atoms with Gasteiger partial charge in [0.1, 0.15) is 0 Å². The first kappa shape index (κ1) is 19.1. The van der Waals surface area contributed by atoms with Crippen molar-refractivity contribution in [3.63, 3.8) is 0 Å². The van der Waals surface area contributed by atoms with Crippen LogP contribution in [0.15, 0.2) is 18.2 Å². The van der Waals surface area contributed by atoms with Crippen LogP contribution >= 0.6 is 0 Å². The van der Waals surface area contributed by atoms with Gasteiger partial charge in [-0.05, 0) is 38.4 Å². The first-order valence-electron chi connectivity index (χ1n) is 8.49. The fourth-order valence-corrected chi connectivity index (χ4v) is 2.98. The second kappa shape index (κ2) is 8.76. The summed E-state index contributed by atoms with van der Waals surface area (Å²) in [5.74, 6) is 2.46. The number of aryl methyl sites for hydroxylation is 2. The molecule has 138 valence electrons. The summed E-state index contributed by atoms with van der Waals surface area (Å²) in [6.45, 7) is 8.82. The van der Waals surface area contributed by atoms with E-state index in [0.29, 0.717) is 29.7 Å². The highest BCUT2D eigenvalue weighted by Crippen LogP contribution is 2.39. The van der Waals surface area contributed by atoms with E-state index in [1.807, 2.05) is 19.1 Å². The number of methoxy groups -OCH3 is 3. The summed E-state index contributed by atoms with van der Waals surface area (Å²) >= 11 is 0. The maximum absolute atomic E-state index is 5.52. The molecule has 0 bridgehead atoms. The number of rotatable bonds is 9. The van der Waals surface area contributed by atoms with E-state index in [1.54, 1.807) is 21.3 Å². The normalized spacial score (nSPS) is 12.1. The average Bonchev–Trinajstić information content (AvgIpc) is 2.91. The Morgan fingerprint density at radius 2 is 1.80 bits per heavy atom. The molecule has 0 aliphatic rings. The number of hydrogen-bond acceptors (Lipinski definition) is 5. The van der Waals surface area contributed by atoms with Crippen molar-refractivity contribution in [1.82, 2.24) is 15.1 Å². The van der Waals surface area contributed by atoms with Crippen molar-refractivity contribution in [3.8, 4) is 17.2 Å². The molecule has 25 heavy (non-hydrogen) atoms. The zero-order chi connectivity index (χ0) is 18.4. The molecule has 6 heteroatoms. The fourth-order valence-electron chi connectivity index (χ4n) is 2.98. The van der Waals surface area contributed by atoms with Gasteiger partial charge >= 0.3 is 0 Å². The van der Waals surface area contributed by atoms with Crippen molar-refractivity contribution < 1.29 is 14.2 Å². The number of aromatic nitrogens is 2. The molecule has 2 rings (SSSR count). The molecule has 1 atom stereocenters. The minimum Gasteiger partial charge on any atom is -0.493 e. The Balaban J connectivity index is 1.96. The topological polar surface area (TPSA) is 57.5 Å². The van der Waals surface area contributed by atoms with E-state index in [1.165, 1.54) is 5.69 Å². The van der Waals surface area contributed by atoms with Gasteiger partial charge in [0.15, 0.2) is 11.5 Å². The molecule has 0 fully saturated rings. The maximum Gasteiger partial charge on any atom is 0.203 e. The first-order valence-corrected chi connectivity index (χ1v) is 8.49. The Morgan fingerprint density at radius 1 is 1.08 bits per heavy atom. The molecule has 0 aliphatic heterocycles. The van der Waals surface area contributed by atoms with Gasteiger partial charge in [0.05, 0.1) is 27.0 Å². The van der Waals surface area contributed by atoms with Crippen molar-refractivity contribution >= 4 is 0 Å². The number of ether oxygens (including phenoxy) is 3. The van der Waals surface area contributed by atoms with Crippen LogP contribution in [0, 0.1) is 19.8 Å². The molecule has 0 saturated carbocycles. The van der Waals surface area contributed by atoms with E-state index in [9.17, 15) is 0 Å². The summed E-state index contributed by atoms with van der Waals surface area (Å²) in [5, 5.41) is 8.02. The van der Waals surface area contributed by atoms with Crippen LogP contribution in [0.3, 0.4) is 0 Å². The Kier molecular flexibility index (Phi) is 6.70. The Morgan fingerprint density at radius 3 is 2.36 bits per heavy atom. The van der Waals surface area contributed by atoms with Crippen LogP contribution in [0.25, 0.3) is 0 Å². The van der Waals surface area contributed by atoms with Crippen LogP contribution in [0.5, 0.6) is 17.2 Å². The first-order chi connectivity index (χ1) is 12.0. The Labute approximate surface area is 150 Å². The van der Waals surface area contributed by atoms with Crippen LogP contribution in [0.1, 0.15) is 23.9 Å². The van der Waals surface area contributed by atoms with E-state index >= 15 is 0 Å². The highest BCUT2D eigenvalue weighted by atomic mass is 16.5. The van der Waals surface area contributed by atoms with Gasteiger partial charge in [-0.25, -0.2) is 0 Å². The molecule has 0 amide bonds. The molecule has 0 aliphatic carbocycles. The van der Waals surface area contributed by atoms with Gasteiger partial charge in [0.25, 0.3) is 0 Å². The van der Waals surface area contributed by atoms with Gasteiger partial charge in [0, 0.05) is 24.3 Å². The zero-order valence-corrected chi connectivity index (χ0v) is 16.0. The lowest BCUT2D eigenvalue weighted by molar-refractivity contribution is 0.321. The number of nitrogens with zero attached hydrogens (tertiary/aromatic N) is 2. The van der Waals surface area contributed by atoms with E-state index in [-0.39, 0.29) is 0 Å². The molecule has 2 aromatic rings. The lowest BCUT2D eigenvalue weighted by Gasteiger charge is -2.17. The van der Waals surface area contributed by atoms with Gasteiger partial charge in [-0.15, -0.1) is 0 Å². The summed E-state index contributed by atoms with van der Waals surface area (Å²) in [7, 11) is 4.89. The lowest BCUT2D eigenvalue weighted by Crippen LogP contribution is -2.24. The predicted molar refractivity (Wildman–Crippen MR) is 98.7 cm³/mol. The molecule has 0 radical (unpaired) electrons. The number of benzene rings is 1.